The molecule has 0 aromatic heterocycles. The molecule has 0 atom stereocenters. The van der Waals surface area contributed by atoms with Gasteiger partial charge in [0.05, 0.1) is 0 Å². The van der Waals surface area contributed by atoms with Crippen molar-refractivity contribution in [2.75, 3.05) is 0 Å². The Morgan fingerprint density at radius 3 is 0.389 bits per heavy atom. The molecular weight excluding hydrogens is 1910 g/mol. The van der Waals surface area contributed by atoms with Gasteiger partial charge in [0.1, 0.15) is 0 Å². The fourth-order valence-electron chi connectivity index (χ4n) is 11.6. The molecule has 0 spiro atoms. The van der Waals surface area contributed by atoms with Gasteiger partial charge in [-0.15, -0.1) is 25.7 Å². The molecule has 0 N–H and O–H groups in total. The largest absolute Gasteiger partial charge is 0.367 e. The zero-order valence-electron chi connectivity index (χ0n) is 79.7. The van der Waals surface area contributed by atoms with Crippen molar-refractivity contribution >= 4 is 0 Å². The van der Waals surface area contributed by atoms with Gasteiger partial charge in [0.2, 0.25) is 0 Å². The smallest absolute Gasteiger partial charge is 0 e. The molecule has 8 aliphatic rings. The normalized spacial score (nSPS) is 18.4. The summed E-state index contributed by atoms with van der Waals surface area (Å²) in [6, 6.07) is 0. The minimum atomic E-state index is 0. The first-order valence-electron chi connectivity index (χ1n) is 43.6. The van der Waals surface area contributed by atoms with Gasteiger partial charge in [-0.1, -0.05) is 346 Å². The molecule has 0 bridgehead atoms. The van der Waals surface area contributed by atoms with Crippen molar-refractivity contribution in [3.8, 4) is 0 Å². The van der Waals surface area contributed by atoms with Crippen molar-refractivity contribution in [3.63, 3.8) is 0 Å². The quantitative estimate of drug-likeness (QED) is 0.202. The van der Waals surface area contributed by atoms with Gasteiger partial charge in [-0.05, 0) is 47.3 Å². The Morgan fingerprint density at radius 1 is 0.194 bits per heavy atom. The Balaban J connectivity index is -0.0000000601. The minimum absolute atomic E-state index is 0. The Morgan fingerprint density at radius 2 is 0.306 bits per heavy atom. The van der Waals surface area contributed by atoms with E-state index < -0.39 is 0 Å². The van der Waals surface area contributed by atoms with Crippen LogP contribution in [-0.2, 0) is 262 Å². The second-order valence-corrected chi connectivity index (χ2v) is 37.9. The first kappa shape index (κ1) is 154. The van der Waals surface area contributed by atoms with Gasteiger partial charge in [-0.3, -0.25) is 10.8 Å². The molecule has 8 fully saturated rings. The van der Waals surface area contributed by atoms with Crippen molar-refractivity contribution in [2.24, 2.45) is 74.4 Å². The predicted octanol–water partition coefficient (Wildman–Crippen LogP) is 36.1. The zero-order chi connectivity index (χ0) is 79.1. The molecule has 0 aromatic carbocycles. The van der Waals surface area contributed by atoms with Crippen LogP contribution in [0.15, 0.2) is 0 Å². The summed E-state index contributed by atoms with van der Waals surface area (Å²) in [7, 11) is 0. The molecule has 0 saturated heterocycles. The molecule has 0 aromatic rings. The van der Waals surface area contributed by atoms with Crippen LogP contribution in [0.1, 0.15) is 468 Å². The fourth-order valence-corrected chi connectivity index (χ4v) is 11.6. The van der Waals surface area contributed by atoms with E-state index in [2.05, 4.69) is 256 Å². The third-order valence-corrected chi connectivity index (χ3v) is 16.9. The minimum Gasteiger partial charge on any atom is -0.367 e. The maximum Gasteiger partial charge on any atom is 0 e. The molecule has 0 nitrogen and oxygen atoms in total. The van der Waals surface area contributed by atoms with Crippen molar-refractivity contribution < 1.29 is 262 Å². The van der Waals surface area contributed by atoms with Crippen LogP contribution < -0.4 is 0 Å². The molecule has 0 aliphatic heterocycles. The zero-order valence-corrected chi connectivity index (χ0v) is 102. The molecule has 8 radical (unpaired) electrons. The van der Waals surface area contributed by atoms with Crippen molar-refractivity contribution in [2.45, 2.75) is 468 Å². The van der Waals surface area contributed by atoms with Crippen molar-refractivity contribution in [1.29, 1.82) is 0 Å². The van der Waals surface area contributed by atoms with Crippen LogP contribution in [0.25, 0.3) is 0 Å². The van der Waals surface area contributed by atoms with Gasteiger partial charge in [0.15, 0.2) is 0 Å². The Bertz CT molecular complexity index is 1220. The molecule has 0 heterocycles. The van der Waals surface area contributed by atoms with Crippen LogP contribution in [0.5, 0.6) is 0 Å². The molecule has 108 heavy (non-hydrogen) atoms. The standard InChI is InChI=1S/6C9H16.2C7H12.8C4H10.8Y/c3*1-3-9(2)7-5-4-6-8-9;3*1-2-6-9-7-4-3-5-8-9;2*1-7(2)5-3-4-6-7;8*1-4(2)3;;;;;;;;/h6*1-8H2;2*1-6H2;8*4H,1-3H3;;;;;;;;/q8*-2;;;;;;;;;;;;;;;;. The molecule has 0 unspecified atom stereocenters. The molecule has 8 heteroatoms. The molecule has 8 saturated carbocycles. The van der Waals surface area contributed by atoms with E-state index in [1.165, 1.54) is 263 Å². The Kier molecular flexibility index (Phi) is 154. The maximum atomic E-state index is 4.19. The average Bonchev–Trinajstić information content (AvgIpc) is 1.42. The topological polar surface area (TPSA) is 0 Å². The average molecular weight is 2110 g/mol. The summed E-state index contributed by atoms with van der Waals surface area (Å²) in [5.74, 6) is 12.0. The van der Waals surface area contributed by atoms with E-state index in [0.717, 1.165) is 85.9 Å². The van der Waals surface area contributed by atoms with Crippen LogP contribution in [0.2, 0.25) is 0 Å². The molecule has 640 valence electrons. The first-order valence-corrected chi connectivity index (χ1v) is 43.6. The van der Waals surface area contributed by atoms with Gasteiger partial charge >= 0.3 is 0 Å². The van der Waals surface area contributed by atoms with E-state index in [1.54, 1.807) is 17.8 Å². The summed E-state index contributed by atoms with van der Waals surface area (Å²) in [5, 5.41) is 0. The van der Waals surface area contributed by atoms with Gasteiger partial charge in [-0.2, -0.15) is 54.8 Å². The van der Waals surface area contributed by atoms with Crippen molar-refractivity contribution in [3.05, 3.63) is 108 Å². The molecule has 0 amide bonds. The molecule has 8 rings (SSSR count). The third-order valence-electron chi connectivity index (χ3n) is 16.9. The van der Waals surface area contributed by atoms with E-state index in [4.69, 9.17) is 0 Å². The second kappa shape index (κ2) is 108. The van der Waals surface area contributed by atoms with Gasteiger partial charge < -0.3 is 108 Å². The fraction of sp³-hybridized carbons (Fsp3) is 0.840. The van der Waals surface area contributed by atoms with E-state index in [-0.39, 0.29) is 273 Å². The van der Waals surface area contributed by atoms with Gasteiger partial charge in [0, 0.05) is 262 Å². The molecular formula is C100H200Y8-16. The summed E-state index contributed by atoms with van der Waals surface area (Å²) in [6.07, 6.45) is 62.2. The third kappa shape index (κ3) is 152. The van der Waals surface area contributed by atoms with Crippen LogP contribution in [0.4, 0.5) is 0 Å². The van der Waals surface area contributed by atoms with Gasteiger partial charge in [0.25, 0.3) is 0 Å². The number of rotatable bonds is 9. The Hall–Kier alpha value is 8.83. The van der Waals surface area contributed by atoms with E-state index >= 15 is 0 Å². The summed E-state index contributed by atoms with van der Waals surface area (Å²) in [5.41, 5.74) is 1.47. The number of hydrogen-bond donors (Lipinski definition) is 0. The monoisotopic (exact) mass is 2110 g/mol. The van der Waals surface area contributed by atoms with E-state index in [0.29, 0.717) is 16.2 Å². The maximum absolute atomic E-state index is 4.19. The van der Waals surface area contributed by atoms with Gasteiger partial charge in [-0.25, -0.2) is 57.8 Å². The van der Waals surface area contributed by atoms with Crippen LogP contribution in [0.3, 0.4) is 0 Å². The van der Waals surface area contributed by atoms with Crippen LogP contribution in [-0.4, -0.2) is 0 Å². The van der Waals surface area contributed by atoms with Crippen LogP contribution >= 0.6 is 0 Å². The Labute approximate surface area is 897 Å². The summed E-state index contributed by atoms with van der Waals surface area (Å²) in [4.78, 5) is 0. The van der Waals surface area contributed by atoms with E-state index in [1.807, 2.05) is 0 Å². The summed E-state index contributed by atoms with van der Waals surface area (Å²) in [6.45, 7) is 104. The summed E-state index contributed by atoms with van der Waals surface area (Å²) < 4.78 is 0. The van der Waals surface area contributed by atoms with E-state index in [9.17, 15) is 0 Å². The van der Waals surface area contributed by atoms with Crippen molar-refractivity contribution in [1.82, 2.24) is 0 Å². The molecule has 8 aliphatic carbocycles. The SMILES string of the molecule is CC(C)C.CC(C)C.CC(C)C.CC(C)C.CC(C)C.CC(C)C.CC(C)C.CC(C)C.[CH2-]C1([CH2-])CCCC1.[CH2-]C1([CH2-])CCCC1.[CH2-]CC1([CH2-])CCCCC1.[CH2-]CC1([CH2-])CCCCC1.[CH2-]CC1([CH2-])CCCCC1.[CH2-]CC[C-]1CCCCC1.[CH2-]CC[C-]1CCCCC1.[CH2-]CC[C-]1CCCCC1.[Y].[Y].[Y].[Y].[Y].[Y].[Y].[Y]. The predicted molar refractivity (Wildman–Crippen MR) is 473 cm³/mol. The second-order valence-electron chi connectivity index (χ2n) is 37.9. The summed E-state index contributed by atoms with van der Waals surface area (Å²) >= 11 is 0. The van der Waals surface area contributed by atoms with Crippen LogP contribution in [0, 0.1) is 182 Å². The first-order chi connectivity index (χ1) is 46.4. The number of hydrogen-bond acceptors (Lipinski definition) is 0.